The maximum Gasteiger partial charge on any atom is 0.273 e. The molecule has 1 aliphatic heterocycles. The van der Waals surface area contributed by atoms with Crippen LogP contribution < -0.4 is 19.5 Å². The van der Waals surface area contributed by atoms with Crippen molar-refractivity contribution in [2.75, 3.05) is 20.4 Å². The molecular formula is C30H35N3O6. The fourth-order valence-electron chi connectivity index (χ4n) is 5.14. The molecule has 2 amide bonds. The molecule has 0 unspecified atom stereocenters. The van der Waals surface area contributed by atoms with Gasteiger partial charge in [0.2, 0.25) is 12.7 Å². The van der Waals surface area contributed by atoms with Crippen LogP contribution in [0.4, 0.5) is 0 Å². The summed E-state index contributed by atoms with van der Waals surface area (Å²) in [5, 5.41) is 6.82. The van der Waals surface area contributed by atoms with Gasteiger partial charge in [0.1, 0.15) is 5.75 Å². The number of nitrogens with one attached hydrogen (secondary N) is 1. The number of hydrogen-bond acceptors (Lipinski definition) is 7. The summed E-state index contributed by atoms with van der Waals surface area (Å²) in [5.74, 6) is 3.03. The van der Waals surface area contributed by atoms with Crippen molar-refractivity contribution in [1.82, 2.24) is 15.4 Å². The first-order valence-electron chi connectivity index (χ1n) is 13.6. The number of carbonyl (C=O) groups excluding carboxylic acids is 2. The van der Waals surface area contributed by atoms with Crippen molar-refractivity contribution in [1.29, 1.82) is 0 Å². The minimum absolute atomic E-state index is 0.0978. The monoisotopic (exact) mass is 533 g/mol. The van der Waals surface area contributed by atoms with Crippen molar-refractivity contribution in [2.24, 2.45) is 5.92 Å². The summed E-state index contributed by atoms with van der Waals surface area (Å²) < 4.78 is 21.5. The third kappa shape index (κ3) is 7.10. The Balaban J connectivity index is 1.18. The SMILES string of the molecule is COc1ccc(CCN(Cc2cc(C(=O)NCc3ccc4c(c3)OCO4)no2)C(=O)CCC2CCCC2)cc1. The summed E-state index contributed by atoms with van der Waals surface area (Å²) in [4.78, 5) is 27.8. The molecule has 0 atom stereocenters. The quantitative estimate of drug-likeness (QED) is 0.354. The third-order valence-electron chi connectivity index (χ3n) is 7.45. The normalized spacial score (nSPS) is 14.4. The molecule has 5 rings (SSSR count). The van der Waals surface area contributed by atoms with E-state index < -0.39 is 0 Å². The topological polar surface area (TPSA) is 103 Å². The van der Waals surface area contributed by atoms with Crippen LogP contribution in [0.3, 0.4) is 0 Å². The number of methoxy groups -OCH3 is 1. The molecule has 1 aromatic heterocycles. The fraction of sp³-hybridized carbons (Fsp3) is 0.433. The molecule has 0 bridgehead atoms. The van der Waals surface area contributed by atoms with E-state index in [0.29, 0.717) is 49.1 Å². The van der Waals surface area contributed by atoms with Crippen molar-refractivity contribution in [3.8, 4) is 17.2 Å². The Bertz CT molecular complexity index is 1270. The molecule has 1 saturated carbocycles. The first-order chi connectivity index (χ1) is 19.1. The second kappa shape index (κ2) is 12.7. The zero-order valence-corrected chi connectivity index (χ0v) is 22.3. The number of nitrogens with zero attached hydrogens (tertiary/aromatic N) is 2. The molecular weight excluding hydrogens is 498 g/mol. The molecule has 0 radical (unpaired) electrons. The summed E-state index contributed by atoms with van der Waals surface area (Å²) in [6.45, 7) is 1.32. The van der Waals surface area contributed by atoms with E-state index in [2.05, 4.69) is 10.5 Å². The summed E-state index contributed by atoms with van der Waals surface area (Å²) in [6, 6.07) is 15.0. The Morgan fingerprint density at radius 1 is 1.03 bits per heavy atom. The van der Waals surface area contributed by atoms with Crippen LogP contribution >= 0.6 is 0 Å². The number of hydrogen-bond donors (Lipinski definition) is 1. The zero-order valence-electron chi connectivity index (χ0n) is 22.3. The van der Waals surface area contributed by atoms with Gasteiger partial charge >= 0.3 is 0 Å². The number of benzene rings is 2. The summed E-state index contributed by atoms with van der Waals surface area (Å²) in [6.07, 6.45) is 7.09. The van der Waals surface area contributed by atoms with Gasteiger partial charge < -0.3 is 29.0 Å². The molecule has 39 heavy (non-hydrogen) atoms. The minimum Gasteiger partial charge on any atom is -0.497 e. The van der Waals surface area contributed by atoms with Crippen LogP contribution in [-0.2, 0) is 24.3 Å². The van der Waals surface area contributed by atoms with E-state index in [0.717, 1.165) is 23.3 Å². The second-order valence-electron chi connectivity index (χ2n) is 10.2. The molecule has 2 aromatic carbocycles. The largest absolute Gasteiger partial charge is 0.497 e. The smallest absolute Gasteiger partial charge is 0.273 e. The van der Waals surface area contributed by atoms with E-state index in [1.54, 1.807) is 13.2 Å². The van der Waals surface area contributed by atoms with Gasteiger partial charge in [-0.1, -0.05) is 49.0 Å². The number of rotatable bonds is 12. The lowest BCUT2D eigenvalue weighted by molar-refractivity contribution is -0.132. The van der Waals surface area contributed by atoms with Crippen molar-refractivity contribution < 1.29 is 28.3 Å². The molecule has 1 fully saturated rings. The lowest BCUT2D eigenvalue weighted by Gasteiger charge is -2.22. The zero-order chi connectivity index (χ0) is 27.0. The summed E-state index contributed by atoms with van der Waals surface area (Å²) in [5.41, 5.74) is 2.18. The summed E-state index contributed by atoms with van der Waals surface area (Å²) >= 11 is 0. The van der Waals surface area contributed by atoms with Gasteiger partial charge in [-0.25, -0.2) is 0 Å². The molecule has 1 aliphatic carbocycles. The molecule has 206 valence electrons. The van der Waals surface area contributed by atoms with Crippen LogP contribution in [-0.4, -0.2) is 42.3 Å². The van der Waals surface area contributed by atoms with E-state index in [9.17, 15) is 9.59 Å². The van der Waals surface area contributed by atoms with Gasteiger partial charge in [0.15, 0.2) is 23.0 Å². The molecule has 0 spiro atoms. The van der Waals surface area contributed by atoms with Gasteiger partial charge in [-0.15, -0.1) is 0 Å². The maximum absolute atomic E-state index is 13.3. The number of carbonyl (C=O) groups is 2. The highest BCUT2D eigenvalue weighted by Gasteiger charge is 2.22. The Labute approximate surface area is 228 Å². The van der Waals surface area contributed by atoms with Gasteiger partial charge in [0.25, 0.3) is 5.91 Å². The second-order valence-corrected chi connectivity index (χ2v) is 10.2. The Morgan fingerprint density at radius 3 is 2.59 bits per heavy atom. The van der Waals surface area contributed by atoms with E-state index in [-0.39, 0.29) is 30.8 Å². The lowest BCUT2D eigenvalue weighted by atomic mass is 10.0. The molecule has 2 heterocycles. The van der Waals surface area contributed by atoms with Crippen molar-refractivity contribution in [2.45, 2.75) is 58.0 Å². The number of aromatic nitrogens is 1. The third-order valence-corrected chi connectivity index (χ3v) is 7.45. The van der Waals surface area contributed by atoms with E-state index in [4.69, 9.17) is 18.7 Å². The fourth-order valence-corrected chi connectivity index (χ4v) is 5.14. The highest BCUT2D eigenvalue weighted by atomic mass is 16.7. The molecule has 9 nitrogen and oxygen atoms in total. The van der Waals surface area contributed by atoms with Crippen molar-refractivity contribution >= 4 is 11.8 Å². The Hall–Kier alpha value is -4.01. The maximum atomic E-state index is 13.3. The minimum atomic E-state index is -0.347. The Morgan fingerprint density at radius 2 is 1.79 bits per heavy atom. The van der Waals surface area contributed by atoms with Gasteiger partial charge in [-0.3, -0.25) is 9.59 Å². The number of amides is 2. The van der Waals surface area contributed by atoms with Gasteiger partial charge in [-0.05, 0) is 54.2 Å². The van der Waals surface area contributed by atoms with Gasteiger partial charge in [-0.2, -0.15) is 0 Å². The van der Waals surface area contributed by atoms with Crippen LogP contribution in [0, 0.1) is 5.92 Å². The van der Waals surface area contributed by atoms with Crippen LogP contribution in [0.15, 0.2) is 53.1 Å². The Kier molecular flexibility index (Phi) is 8.65. The number of ether oxygens (including phenoxy) is 3. The van der Waals surface area contributed by atoms with E-state index in [1.807, 2.05) is 47.4 Å². The lowest BCUT2D eigenvalue weighted by Crippen LogP contribution is -2.32. The first kappa shape index (κ1) is 26.6. The molecule has 2 aliphatic rings. The molecule has 0 saturated heterocycles. The van der Waals surface area contributed by atoms with Crippen LogP contribution in [0.25, 0.3) is 0 Å². The van der Waals surface area contributed by atoms with E-state index in [1.165, 1.54) is 25.7 Å². The van der Waals surface area contributed by atoms with Crippen molar-refractivity contribution in [3.05, 3.63) is 71.1 Å². The highest BCUT2D eigenvalue weighted by Crippen LogP contribution is 2.32. The van der Waals surface area contributed by atoms with E-state index >= 15 is 0 Å². The predicted molar refractivity (Wildman–Crippen MR) is 144 cm³/mol. The van der Waals surface area contributed by atoms with Gasteiger partial charge in [0, 0.05) is 25.6 Å². The average Bonchev–Trinajstić information content (AvgIpc) is 3.75. The van der Waals surface area contributed by atoms with Gasteiger partial charge in [0.05, 0.1) is 13.7 Å². The molecule has 1 N–H and O–H groups in total. The van der Waals surface area contributed by atoms with Crippen LogP contribution in [0.2, 0.25) is 0 Å². The molecule has 9 heteroatoms. The summed E-state index contributed by atoms with van der Waals surface area (Å²) in [7, 11) is 1.64. The average molecular weight is 534 g/mol. The predicted octanol–water partition coefficient (Wildman–Crippen LogP) is 4.88. The number of fused-ring (bicyclic) bond motifs is 1. The van der Waals surface area contributed by atoms with Crippen LogP contribution in [0.1, 0.15) is 65.9 Å². The highest BCUT2D eigenvalue weighted by molar-refractivity contribution is 5.92. The van der Waals surface area contributed by atoms with Crippen molar-refractivity contribution in [3.63, 3.8) is 0 Å². The first-order valence-corrected chi connectivity index (χ1v) is 13.6. The molecule has 3 aromatic rings. The van der Waals surface area contributed by atoms with Crippen LogP contribution in [0.5, 0.6) is 17.2 Å². The standard InChI is InChI=1S/C30H35N3O6/c1-36-24-10-6-22(7-11-24)14-15-33(29(34)13-9-21-4-2-3-5-21)19-25-17-26(32-39-25)30(35)31-18-23-8-12-27-28(16-23)38-20-37-27/h6-8,10-12,16-17,21H,2-5,9,13-15,18-20H2,1H3,(H,31,35).